The maximum atomic E-state index is 13.0. The second-order valence-corrected chi connectivity index (χ2v) is 8.14. The minimum Gasteiger partial charge on any atom is -0.355 e. The largest absolute Gasteiger partial charge is 0.355 e. The molecule has 2 N–H and O–H groups in total. The van der Waals surface area contributed by atoms with Gasteiger partial charge < -0.3 is 10.6 Å². The normalized spacial score (nSPS) is 14.9. The number of amides is 2. The van der Waals surface area contributed by atoms with Gasteiger partial charge in [-0.25, -0.2) is 4.39 Å². The van der Waals surface area contributed by atoms with Gasteiger partial charge in [-0.15, -0.1) is 0 Å². The number of benzene rings is 2. The third kappa shape index (κ3) is 5.68. The molecule has 1 aliphatic rings. The topological polar surface area (TPSA) is 74.3 Å². The van der Waals surface area contributed by atoms with E-state index in [0.717, 1.165) is 22.9 Å². The summed E-state index contributed by atoms with van der Waals surface area (Å²) in [5.74, 6) is -0.488. The molecule has 0 unspecified atom stereocenters. The van der Waals surface area contributed by atoms with Crippen molar-refractivity contribution in [3.8, 4) is 0 Å². The Morgan fingerprint density at radius 1 is 1.03 bits per heavy atom. The Morgan fingerprint density at radius 2 is 1.78 bits per heavy atom. The number of rotatable bonds is 7. The molecule has 6 nitrogen and oxygen atoms in total. The molecule has 1 fully saturated rings. The highest BCUT2D eigenvalue weighted by molar-refractivity contribution is 5.92. The lowest BCUT2D eigenvalue weighted by atomic mass is 9.96. The number of para-hydroxylation sites is 1. The van der Waals surface area contributed by atoms with Crippen molar-refractivity contribution in [2.75, 3.05) is 31.5 Å². The molecule has 0 radical (unpaired) electrons. The number of nitrogens with one attached hydrogen (secondary N) is 2. The van der Waals surface area contributed by atoms with Crippen molar-refractivity contribution >= 4 is 28.4 Å². The number of anilines is 1. The molecular weight excluding hydrogens is 407 g/mol. The van der Waals surface area contributed by atoms with Crippen LogP contribution in [0.2, 0.25) is 0 Å². The van der Waals surface area contributed by atoms with E-state index in [2.05, 4.69) is 20.5 Å². The number of likely N-dealkylation sites (tertiary alicyclic amines) is 1. The number of hydrogen-bond acceptors (Lipinski definition) is 4. The number of aromatic nitrogens is 1. The van der Waals surface area contributed by atoms with Crippen LogP contribution in [0.4, 0.5) is 10.1 Å². The van der Waals surface area contributed by atoms with Gasteiger partial charge in [0.2, 0.25) is 11.8 Å². The fourth-order valence-electron chi connectivity index (χ4n) is 4.10. The second-order valence-electron chi connectivity index (χ2n) is 8.14. The summed E-state index contributed by atoms with van der Waals surface area (Å²) >= 11 is 0. The Labute approximate surface area is 186 Å². The first kappa shape index (κ1) is 21.9. The smallest absolute Gasteiger partial charge is 0.234 e. The molecule has 3 aromatic rings. The summed E-state index contributed by atoms with van der Waals surface area (Å²) in [6.45, 7) is 2.29. The van der Waals surface area contributed by atoms with E-state index in [0.29, 0.717) is 44.7 Å². The van der Waals surface area contributed by atoms with Gasteiger partial charge in [-0.05, 0) is 68.2 Å². The Kier molecular flexibility index (Phi) is 7.07. The maximum Gasteiger partial charge on any atom is 0.234 e. The lowest BCUT2D eigenvalue weighted by Crippen LogP contribution is -2.43. The number of fused-ring (bicyclic) bond motifs is 1. The van der Waals surface area contributed by atoms with Crippen molar-refractivity contribution in [3.05, 3.63) is 72.2 Å². The van der Waals surface area contributed by atoms with E-state index in [1.54, 1.807) is 18.3 Å². The number of nitrogens with zero attached hydrogens (tertiary/aromatic N) is 2. The number of carbonyl (C=O) groups is 2. The van der Waals surface area contributed by atoms with Crippen LogP contribution in [-0.4, -0.2) is 47.9 Å². The van der Waals surface area contributed by atoms with Gasteiger partial charge in [0.1, 0.15) is 5.82 Å². The fourth-order valence-corrected chi connectivity index (χ4v) is 4.10. The van der Waals surface area contributed by atoms with Gasteiger partial charge in [-0.3, -0.25) is 19.5 Å². The maximum absolute atomic E-state index is 13.0. The highest BCUT2D eigenvalue weighted by atomic mass is 19.1. The second kappa shape index (κ2) is 10.3. The van der Waals surface area contributed by atoms with E-state index < -0.39 is 0 Å². The zero-order valence-electron chi connectivity index (χ0n) is 17.9. The van der Waals surface area contributed by atoms with Crippen LogP contribution in [0.3, 0.4) is 0 Å². The molecule has 1 aliphatic heterocycles. The zero-order valence-corrected chi connectivity index (χ0v) is 17.9. The van der Waals surface area contributed by atoms with E-state index in [4.69, 9.17) is 0 Å². The van der Waals surface area contributed by atoms with Crippen LogP contribution >= 0.6 is 0 Å². The van der Waals surface area contributed by atoms with Gasteiger partial charge in [0, 0.05) is 29.7 Å². The highest BCUT2D eigenvalue weighted by Gasteiger charge is 2.26. The molecule has 32 heavy (non-hydrogen) atoms. The van der Waals surface area contributed by atoms with E-state index in [1.807, 2.05) is 30.3 Å². The van der Waals surface area contributed by atoms with Crippen LogP contribution in [0.5, 0.6) is 0 Å². The van der Waals surface area contributed by atoms with Gasteiger partial charge in [0.25, 0.3) is 0 Å². The first-order valence-electron chi connectivity index (χ1n) is 11.0. The van der Waals surface area contributed by atoms with Crippen LogP contribution in [0.25, 0.3) is 10.9 Å². The molecule has 1 aromatic heterocycles. The van der Waals surface area contributed by atoms with Crippen molar-refractivity contribution in [1.82, 2.24) is 15.2 Å². The van der Waals surface area contributed by atoms with Crippen molar-refractivity contribution < 1.29 is 14.0 Å². The molecular formula is C25H27FN4O2. The third-order valence-corrected chi connectivity index (χ3v) is 5.87. The van der Waals surface area contributed by atoms with Gasteiger partial charge in [-0.1, -0.05) is 24.3 Å². The van der Waals surface area contributed by atoms with Crippen LogP contribution in [0.1, 0.15) is 18.4 Å². The predicted octanol–water partition coefficient (Wildman–Crippen LogP) is 3.38. The van der Waals surface area contributed by atoms with E-state index in [1.165, 1.54) is 12.1 Å². The quantitative estimate of drug-likeness (QED) is 0.598. The Bertz CT molecular complexity index is 1070. The fraction of sp³-hybridized carbons (Fsp3) is 0.320. The lowest BCUT2D eigenvalue weighted by molar-refractivity contribution is -0.123. The van der Waals surface area contributed by atoms with Gasteiger partial charge >= 0.3 is 0 Å². The van der Waals surface area contributed by atoms with E-state index >= 15 is 0 Å². The number of halogens is 1. The van der Waals surface area contributed by atoms with E-state index in [9.17, 15) is 14.0 Å². The number of hydrogen-bond donors (Lipinski definition) is 2. The summed E-state index contributed by atoms with van der Waals surface area (Å²) in [4.78, 5) is 31.3. The number of piperidine rings is 1. The van der Waals surface area contributed by atoms with Crippen LogP contribution in [0.15, 0.2) is 60.8 Å². The molecule has 2 amide bonds. The third-order valence-electron chi connectivity index (χ3n) is 5.87. The van der Waals surface area contributed by atoms with Crippen LogP contribution in [-0.2, 0) is 16.0 Å². The van der Waals surface area contributed by atoms with Crippen molar-refractivity contribution in [2.45, 2.75) is 19.3 Å². The lowest BCUT2D eigenvalue weighted by Gasteiger charge is -2.30. The molecule has 0 atom stereocenters. The summed E-state index contributed by atoms with van der Waals surface area (Å²) in [6.07, 6.45) is 3.91. The van der Waals surface area contributed by atoms with Crippen LogP contribution < -0.4 is 10.6 Å². The number of pyridine rings is 1. The molecule has 2 heterocycles. The van der Waals surface area contributed by atoms with Gasteiger partial charge in [0.05, 0.1) is 12.1 Å². The van der Waals surface area contributed by atoms with Crippen molar-refractivity contribution in [2.24, 2.45) is 5.92 Å². The first-order valence-corrected chi connectivity index (χ1v) is 11.0. The summed E-state index contributed by atoms with van der Waals surface area (Å²) in [6, 6.07) is 15.8. The molecule has 0 aliphatic carbocycles. The molecule has 0 bridgehead atoms. The molecule has 0 spiro atoms. The molecule has 4 rings (SSSR count). The Hall–Kier alpha value is -3.32. The zero-order chi connectivity index (χ0) is 22.3. The Balaban J connectivity index is 1.18. The standard InChI is InChI=1S/C25H27FN4O2/c26-21-6-8-22(9-7-21)29-25(32)20-11-15-30(16-12-20)17-23(31)27-14-10-19-4-1-3-18-5-2-13-28-24(18)19/h1-9,13,20H,10-12,14-17H2,(H,27,31)(H,29,32). The molecule has 1 saturated heterocycles. The molecule has 2 aromatic carbocycles. The SMILES string of the molecule is O=C(CN1CCC(C(=O)Nc2ccc(F)cc2)CC1)NCCc1cccc2cccnc12. The van der Waals surface area contributed by atoms with Crippen molar-refractivity contribution in [1.29, 1.82) is 0 Å². The predicted molar refractivity (Wildman–Crippen MR) is 123 cm³/mol. The molecule has 0 saturated carbocycles. The first-order chi connectivity index (χ1) is 15.6. The Morgan fingerprint density at radius 3 is 2.56 bits per heavy atom. The van der Waals surface area contributed by atoms with Gasteiger partial charge in [0.15, 0.2) is 0 Å². The van der Waals surface area contributed by atoms with Crippen molar-refractivity contribution in [3.63, 3.8) is 0 Å². The summed E-state index contributed by atoms with van der Waals surface area (Å²) in [7, 11) is 0. The summed E-state index contributed by atoms with van der Waals surface area (Å²) in [5, 5.41) is 6.94. The number of carbonyl (C=O) groups excluding carboxylic acids is 2. The minimum absolute atomic E-state index is 0.00703. The minimum atomic E-state index is -0.330. The molecule has 7 heteroatoms. The van der Waals surface area contributed by atoms with Gasteiger partial charge in [-0.2, -0.15) is 0 Å². The van der Waals surface area contributed by atoms with E-state index in [-0.39, 0.29) is 23.5 Å². The summed E-state index contributed by atoms with van der Waals surface area (Å²) < 4.78 is 13.0. The average molecular weight is 435 g/mol. The highest BCUT2D eigenvalue weighted by Crippen LogP contribution is 2.20. The monoisotopic (exact) mass is 434 g/mol. The van der Waals surface area contributed by atoms with Crippen LogP contribution in [0, 0.1) is 11.7 Å². The summed E-state index contributed by atoms with van der Waals surface area (Å²) in [5.41, 5.74) is 2.70. The molecule has 166 valence electrons. The average Bonchev–Trinajstić information content (AvgIpc) is 2.81.